The number of ether oxygens (including phenoxy) is 1. The minimum Gasteiger partial charge on any atom is -0.378 e. The first-order valence-electron chi connectivity index (χ1n) is 7.08. The highest BCUT2D eigenvalue weighted by atomic mass is 35.5. The van der Waals surface area contributed by atoms with E-state index in [1.165, 1.54) is 30.6 Å². The van der Waals surface area contributed by atoms with Gasteiger partial charge in [-0.1, -0.05) is 23.2 Å². The maximum atomic E-state index is 12.4. The molecule has 0 saturated carbocycles. The molecule has 7 nitrogen and oxygen atoms in total. The van der Waals surface area contributed by atoms with Crippen LogP contribution in [0.15, 0.2) is 35.5 Å². The number of benzene rings is 1. The number of rotatable bonds is 4. The van der Waals surface area contributed by atoms with Crippen molar-refractivity contribution in [1.82, 2.24) is 9.97 Å². The molecule has 0 bridgehead atoms. The van der Waals surface area contributed by atoms with Crippen molar-refractivity contribution < 1.29 is 13.2 Å². The van der Waals surface area contributed by atoms with Gasteiger partial charge in [-0.2, -0.15) is 0 Å². The van der Waals surface area contributed by atoms with Crippen molar-refractivity contribution in [2.75, 3.05) is 35.9 Å². The van der Waals surface area contributed by atoms with Crippen LogP contribution in [0.3, 0.4) is 0 Å². The van der Waals surface area contributed by atoms with Crippen molar-refractivity contribution in [3.63, 3.8) is 0 Å². The molecule has 0 radical (unpaired) electrons. The van der Waals surface area contributed by atoms with Crippen molar-refractivity contribution in [2.24, 2.45) is 0 Å². The molecule has 1 fully saturated rings. The SMILES string of the molecule is O=S(=O)(Nc1cnc(N2CCOCC2)nc1)c1cc(Cl)ccc1Cl. The van der Waals surface area contributed by atoms with Crippen molar-refractivity contribution in [3.8, 4) is 0 Å². The molecule has 2 aromatic rings. The molecule has 1 saturated heterocycles. The van der Waals surface area contributed by atoms with E-state index < -0.39 is 10.0 Å². The Morgan fingerprint density at radius 3 is 2.46 bits per heavy atom. The molecule has 1 aliphatic rings. The standard InChI is InChI=1S/C14H14Cl2N4O3S/c15-10-1-2-12(16)13(7-10)24(21,22)19-11-8-17-14(18-9-11)20-3-5-23-6-4-20/h1-2,7-9,19H,3-6H2. The fraction of sp³-hybridized carbons (Fsp3) is 0.286. The van der Waals surface area contributed by atoms with E-state index in [1.807, 2.05) is 4.90 Å². The van der Waals surface area contributed by atoms with Gasteiger partial charge in [0.15, 0.2) is 0 Å². The average molecular weight is 389 g/mol. The second kappa shape index (κ2) is 7.10. The zero-order chi connectivity index (χ0) is 17.2. The van der Waals surface area contributed by atoms with Gasteiger partial charge >= 0.3 is 0 Å². The van der Waals surface area contributed by atoms with Crippen molar-refractivity contribution in [1.29, 1.82) is 0 Å². The Hall–Kier alpha value is -1.61. The second-order valence-corrected chi connectivity index (χ2v) is 7.55. The summed E-state index contributed by atoms with van der Waals surface area (Å²) in [6, 6.07) is 4.23. The maximum Gasteiger partial charge on any atom is 0.263 e. The van der Waals surface area contributed by atoms with E-state index in [-0.39, 0.29) is 20.6 Å². The van der Waals surface area contributed by atoms with Crippen LogP contribution in [0.25, 0.3) is 0 Å². The van der Waals surface area contributed by atoms with Crippen LogP contribution in [-0.2, 0) is 14.8 Å². The number of sulfonamides is 1. The molecule has 1 aliphatic heterocycles. The quantitative estimate of drug-likeness (QED) is 0.865. The smallest absolute Gasteiger partial charge is 0.263 e. The van der Waals surface area contributed by atoms with Gasteiger partial charge in [-0.05, 0) is 18.2 Å². The lowest BCUT2D eigenvalue weighted by Gasteiger charge is -2.26. The molecular weight excluding hydrogens is 375 g/mol. The molecule has 0 aliphatic carbocycles. The lowest BCUT2D eigenvalue weighted by molar-refractivity contribution is 0.122. The van der Waals surface area contributed by atoms with Gasteiger partial charge in [-0.25, -0.2) is 18.4 Å². The monoisotopic (exact) mass is 388 g/mol. The summed E-state index contributed by atoms with van der Waals surface area (Å²) in [4.78, 5) is 10.3. The molecule has 128 valence electrons. The molecule has 0 amide bonds. The van der Waals surface area contributed by atoms with Gasteiger partial charge in [-0.3, -0.25) is 4.72 Å². The third-order valence-corrected chi connectivity index (χ3v) is 5.47. The first kappa shape index (κ1) is 17.2. The van der Waals surface area contributed by atoms with Crippen LogP contribution in [0.1, 0.15) is 0 Å². The van der Waals surface area contributed by atoms with Crippen molar-refractivity contribution in [2.45, 2.75) is 4.90 Å². The molecule has 0 spiro atoms. The van der Waals surface area contributed by atoms with Crippen molar-refractivity contribution >= 4 is 44.9 Å². The number of nitrogens with one attached hydrogen (secondary N) is 1. The van der Waals surface area contributed by atoms with Gasteiger partial charge < -0.3 is 9.64 Å². The summed E-state index contributed by atoms with van der Waals surface area (Å²) in [5.74, 6) is 0.530. The highest BCUT2D eigenvalue weighted by Gasteiger charge is 2.19. The predicted molar refractivity (Wildman–Crippen MR) is 92.3 cm³/mol. The number of hydrogen-bond acceptors (Lipinski definition) is 6. The summed E-state index contributed by atoms with van der Waals surface area (Å²) >= 11 is 11.8. The predicted octanol–water partition coefficient (Wildman–Crippen LogP) is 2.42. The Balaban J connectivity index is 1.78. The Morgan fingerprint density at radius 2 is 1.79 bits per heavy atom. The van der Waals surface area contributed by atoms with E-state index in [0.29, 0.717) is 32.3 Å². The summed E-state index contributed by atoms with van der Waals surface area (Å²) in [6.45, 7) is 2.63. The van der Waals surface area contributed by atoms with E-state index in [2.05, 4.69) is 14.7 Å². The number of morpholine rings is 1. The summed E-state index contributed by atoms with van der Waals surface area (Å²) in [5, 5.41) is 0.358. The third kappa shape index (κ3) is 3.89. The van der Waals surface area contributed by atoms with Crippen LogP contribution in [0.4, 0.5) is 11.6 Å². The molecule has 1 aromatic heterocycles. The fourth-order valence-corrected chi connectivity index (χ4v) is 3.99. The highest BCUT2D eigenvalue weighted by Crippen LogP contribution is 2.26. The molecule has 10 heteroatoms. The molecule has 24 heavy (non-hydrogen) atoms. The van der Waals surface area contributed by atoms with Gasteiger partial charge in [0.1, 0.15) is 4.90 Å². The van der Waals surface area contributed by atoms with Crippen LogP contribution in [-0.4, -0.2) is 44.7 Å². The molecule has 0 atom stereocenters. The van der Waals surface area contributed by atoms with Crippen molar-refractivity contribution in [3.05, 3.63) is 40.6 Å². The largest absolute Gasteiger partial charge is 0.378 e. The third-order valence-electron chi connectivity index (χ3n) is 3.37. The van der Waals surface area contributed by atoms with E-state index in [9.17, 15) is 8.42 Å². The first-order chi connectivity index (χ1) is 11.5. The maximum absolute atomic E-state index is 12.4. The van der Waals surface area contributed by atoms with E-state index >= 15 is 0 Å². The van der Waals surface area contributed by atoms with Crippen LogP contribution < -0.4 is 9.62 Å². The average Bonchev–Trinajstić information content (AvgIpc) is 2.58. The van der Waals surface area contributed by atoms with Crippen LogP contribution in [0, 0.1) is 0 Å². The zero-order valence-electron chi connectivity index (χ0n) is 12.4. The summed E-state index contributed by atoms with van der Waals surface area (Å²) in [7, 11) is -3.88. The van der Waals surface area contributed by atoms with Gasteiger partial charge in [0, 0.05) is 18.1 Å². The van der Waals surface area contributed by atoms with Gasteiger partial charge in [0.25, 0.3) is 10.0 Å². The normalized spacial score (nSPS) is 15.3. The second-order valence-electron chi connectivity index (χ2n) is 5.05. The Morgan fingerprint density at radius 1 is 1.12 bits per heavy atom. The van der Waals surface area contributed by atoms with Crippen LogP contribution >= 0.6 is 23.2 Å². The summed E-state index contributed by atoms with van der Waals surface area (Å²) in [6.07, 6.45) is 2.82. The van der Waals surface area contributed by atoms with E-state index in [0.717, 1.165) is 0 Å². The van der Waals surface area contributed by atoms with Gasteiger partial charge in [0.2, 0.25) is 5.95 Å². The van der Waals surface area contributed by atoms with E-state index in [1.54, 1.807) is 0 Å². The Labute approximate surface area is 149 Å². The minimum absolute atomic E-state index is 0.0813. The molecule has 0 unspecified atom stereocenters. The summed E-state index contributed by atoms with van der Waals surface area (Å²) in [5.41, 5.74) is 0.239. The lowest BCUT2D eigenvalue weighted by atomic mass is 10.4. The number of anilines is 2. The zero-order valence-corrected chi connectivity index (χ0v) is 14.8. The highest BCUT2D eigenvalue weighted by molar-refractivity contribution is 7.92. The lowest BCUT2D eigenvalue weighted by Crippen LogP contribution is -2.37. The number of halogens is 2. The molecule has 2 heterocycles. The van der Waals surface area contributed by atoms with Gasteiger partial charge in [0.05, 0.1) is 36.3 Å². The molecular formula is C14H14Cl2N4O3S. The Bertz CT molecular complexity index is 824. The number of hydrogen-bond donors (Lipinski definition) is 1. The topological polar surface area (TPSA) is 84.4 Å². The molecule has 1 N–H and O–H groups in total. The van der Waals surface area contributed by atoms with E-state index in [4.69, 9.17) is 27.9 Å². The fourth-order valence-electron chi connectivity index (χ4n) is 2.19. The van der Waals surface area contributed by atoms with Crippen LogP contribution in [0.5, 0.6) is 0 Å². The first-order valence-corrected chi connectivity index (χ1v) is 9.32. The Kier molecular flexibility index (Phi) is 5.09. The molecule has 3 rings (SSSR count). The minimum atomic E-state index is -3.88. The van der Waals surface area contributed by atoms with Crippen LogP contribution in [0.2, 0.25) is 10.0 Å². The number of nitrogens with zero attached hydrogens (tertiary/aromatic N) is 3. The van der Waals surface area contributed by atoms with Gasteiger partial charge in [-0.15, -0.1) is 0 Å². The molecule has 1 aromatic carbocycles. The summed E-state index contributed by atoms with van der Waals surface area (Å²) < 4.78 is 32.5. The number of aromatic nitrogens is 2.